The zero-order valence-electron chi connectivity index (χ0n) is 14.8. The highest BCUT2D eigenvalue weighted by atomic mass is 79.9. The quantitative estimate of drug-likeness (QED) is 0.431. The van der Waals surface area contributed by atoms with Crippen LogP contribution >= 0.6 is 15.9 Å². The molecule has 3 rings (SSSR count). The average Bonchev–Trinajstić information content (AvgIpc) is 3.02. The van der Waals surface area contributed by atoms with E-state index in [2.05, 4.69) is 21.0 Å². The summed E-state index contributed by atoms with van der Waals surface area (Å²) in [6.07, 6.45) is 0. The van der Waals surface area contributed by atoms with Crippen molar-refractivity contribution in [2.24, 2.45) is 0 Å². The molecule has 0 aliphatic carbocycles. The molecular formula is C19H16BrN3O5. The first kappa shape index (κ1) is 19.6. The van der Waals surface area contributed by atoms with E-state index in [0.717, 1.165) is 10.0 Å². The minimum atomic E-state index is -1.08. The number of hydrogen-bond donors (Lipinski definition) is 1. The van der Waals surface area contributed by atoms with Gasteiger partial charge in [0.1, 0.15) is 12.4 Å². The molecule has 3 aromatic rings. The fraction of sp³-hybridized carbons (Fsp3) is 0.158. The number of benzene rings is 2. The third-order valence-corrected chi connectivity index (χ3v) is 4.55. The molecule has 1 heterocycles. The molecule has 0 saturated carbocycles. The van der Waals surface area contributed by atoms with Gasteiger partial charge < -0.3 is 9.84 Å². The summed E-state index contributed by atoms with van der Waals surface area (Å²) in [5.74, 6) is -0.500. The van der Waals surface area contributed by atoms with E-state index >= 15 is 0 Å². The van der Waals surface area contributed by atoms with E-state index in [0.29, 0.717) is 23.6 Å². The van der Waals surface area contributed by atoms with Crippen molar-refractivity contribution in [3.63, 3.8) is 0 Å². The molecule has 0 unspecified atom stereocenters. The van der Waals surface area contributed by atoms with Crippen molar-refractivity contribution in [2.75, 3.05) is 0 Å². The Morgan fingerprint density at radius 1 is 1.29 bits per heavy atom. The molecule has 9 heteroatoms. The molecule has 1 aromatic heterocycles. The first-order chi connectivity index (χ1) is 13.3. The lowest BCUT2D eigenvalue weighted by molar-refractivity contribution is -0.384. The molecular weight excluding hydrogens is 430 g/mol. The molecule has 1 N–H and O–H groups in total. The topological polar surface area (TPSA) is 107 Å². The second-order valence-corrected chi connectivity index (χ2v) is 7.02. The van der Waals surface area contributed by atoms with Crippen LogP contribution in [0.3, 0.4) is 0 Å². The lowest BCUT2D eigenvalue weighted by Crippen LogP contribution is -2.08. The molecule has 0 amide bonds. The van der Waals surface area contributed by atoms with Gasteiger partial charge in [-0.2, -0.15) is 5.10 Å². The number of hydrogen-bond acceptors (Lipinski definition) is 5. The van der Waals surface area contributed by atoms with E-state index in [1.807, 2.05) is 12.1 Å². The van der Waals surface area contributed by atoms with E-state index in [1.165, 1.54) is 18.2 Å². The van der Waals surface area contributed by atoms with Crippen LogP contribution in [0.25, 0.3) is 0 Å². The molecule has 0 aliphatic rings. The summed E-state index contributed by atoms with van der Waals surface area (Å²) in [6, 6.07) is 13.2. The van der Waals surface area contributed by atoms with Crippen molar-refractivity contribution < 1.29 is 19.6 Å². The van der Waals surface area contributed by atoms with Gasteiger partial charge in [-0.1, -0.05) is 28.1 Å². The molecule has 0 fully saturated rings. The maximum atomic E-state index is 11.1. The van der Waals surface area contributed by atoms with Crippen molar-refractivity contribution >= 4 is 27.6 Å². The summed E-state index contributed by atoms with van der Waals surface area (Å²) in [7, 11) is 0. The Labute approximate surface area is 168 Å². The van der Waals surface area contributed by atoms with Crippen LogP contribution in [-0.4, -0.2) is 25.8 Å². The standard InChI is InChI=1S/C19H16BrN3O5/c1-12-7-17(19(24)25)21-22(12)10-14-9-15(20)5-6-18(14)28-11-13-3-2-4-16(8-13)23(26)27/h2-9H,10-11H2,1H3,(H,24,25). The van der Waals surface area contributed by atoms with Gasteiger partial charge in [0.25, 0.3) is 5.69 Å². The van der Waals surface area contributed by atoms with Crippen LogP contribution in [0, 0.1) is 17.0 Å². The Morgan fingerprint density at radius 3 is 2.75 bits per heavy atom. The number of carboxylic acids is 1. The molecule has 0 atom stereocenters. The number of aryl methyl sites for hydroxylation is 1. The van der Waals surface area contributed by atoms with Crippen molar-refractivity contribution in [2.45, 2.75) is 20.1 Å². The predicted molar refractivity (Wildman–Crippen MR) is 105 cm³/mol. The fourth-order valence-corrected chi connectivity index (χ4v) is 3.08. The normalized spacial score (nSPS) is 10.6. The number of aromatic nitrogens is 2. The van der Waals surface area contributed by atoms with Crippen molar-refractivity contribution in [3.05, 3.63) is 85.6 Å². The predicted octanol–water partition coefficient (Wildman–Crippen LogP) is 4.19. The van der Waals surface area contributed by atoms with Gasteiger partial charge in [-0.05, 0) is 36.8 Å². The number of carboxylic acid groups (broad SMARTS) is 1. The van der Waals surface area contributed by atoms with Crippen LogP contribution in [0.2, 0.25) is 0 Å². The van der Waals surface area contributed by atoms with E-state index < -0.39 is 10.9 Å². The molecule has 8 nitrogen and oxygen atoms in total. The summed E-state index contributed by atoms with van der Waals surface area (Å²) >= 11 is 3.42. The Kier molecular flexibility index (Phi) is 5.74. The van der Waals surface area contributed by atoms with Crippen LogP contribution in [0.15, 0.2) is 53.0 Å². The van der Waals surface area contributed by atoms with Crippen molar-refractivity contribution in [3.8, 4) is 5.75 Å². The first-order valence-electron chi connectivity index (χ1n) is 8.26. The number of non-ortho nitro benzene ring substituents is 1. The summed E-state index contributed by atoms with van der Waals surface area (Å²) in [5.41, 5.74) is 2.16. The highest BCUT2D eigenvalue weighted by Gasteiger charge is 2.14. The molecule has 28 heavy (non-hydrogen) atoms. The number of ether oxygens (including phenoxy) is 1. The Morgan fingerprint density at radius 2 is 2.07 bits per heavy atom. The van der Waals surface area contributed by atoms with E-state index in [-0.39, 0.29) is 18.0 Å². The van der Waals surface area contributed by atoms with Crippen LogP contribution in [-0.2, 0) is 13.2 Å². The second-order valence-electron chi connectivity index (χ2n) is 6.10. The van der Waals surface area contributed by atoms with Crippen molar-refractivity contribution in [1.29, 1.82) is 0 Å². The highest BCUT2D eigenvalue weighted by molar-refractivity contribution is 9.10. The van der Waals surface area contributed by atoms with Crippen LogP contribution in [0.4, 0.5) is 5.69 Å². The number of rotatable bonds is 7. The zero-order chi connectivity index (χ0) is 20.3. The Balaban J connectivity index is 1.82. The van der Waals surface area contributed by atoms with Crippen LogP contribution in [0.5, 0.6) is 5.75 Å². The summed E-state index contributed by atoms with van der Waals surface area (Å²) in [6.45, 7) is 2.26. The third-order valence-electron chi connectivity index (χ3n) is 4.06. The third kappa shape index (κ3) is 4.55. The fourth-order valence-electron chi connectivity index (χ4n) is 2.67. The van der Waals surface area contributed by atoms with Gasteiger partial charge >= 0.3 is 5.97 Å². The average molecular weight is 446 g/mol. The second kappa shape index (κ2) is 8.22. The minimum Gasteiger partial charge on any atom is -0.489 e. The Hall–Kier alpha value is -3.20. The maximum Gasteiger partial charge on any atom is 0.356 e. The number of aromatic carboxylic acids is 1. The zero-order valence-corrected chi connectivity index (χ0v) is 16.4. The molecule has 0 radical (unpaired) electrons. The highest BCUT2D eigenvalue weighted by Crippen LogP contribution is 2.26. The van der Waals surface area contributed by atoms with Gasteiger partial charge in [-0.3, -0.25) is 14.8 Å². The first-order valence-corrected chi connectivity index (χ1v) is 9.05. The molecule has 0 saturated heterocycles. The van der Waals surface area contributed by atoms with Crippen LogP contribution in [0.1, 0.15) is 27.3 Å². The smallest absolute Gasteiger partial charge is 0.356 e. The Bertz CT molecular complexity index is 1050. The molecule has 0 aliphatic heterocycles. The monoisotopic (exact) mass is 445 g/mol. The number of nitrogens with zero attached hydrogens (tertiary/aromatic N) is 3. The number of carbonyl (C=O) groups is 1. The maximum absolute atomic E-state index is 11.1. The van der Waals surface area contributed by atoms with Gasteiger partial charge in [-0.15, -0.1) is 0 Å². The van der Waals surface area contributed by atoms with Gasteiger partial charge in [0.05, 0.1) is 11.5 Å². The van der Waals surface area contributed by atoms with Gasteiger partial charge in [-0.25, -0.2) is 4.79 Å². The number of nitro groups is 1. The molecule has 0 spiro atoms. The summed E-state index contributed by atoms with van der Waals surface area (Å²) in [4.78, 5) is 21.6. The van der Waals surface area contributed by atoms with E-state index in [9.17, 15) is 14.9 Å². The molecule has 0 bridgehead atoms. The van der Waals surface area contributed by atoms with E-state index in [1.54, 1.807) is 29.8 Å². The SMILES string of the molecule is Cc1cc(C(=O)O)nn1Cc1cc(Br)ccc1OCc1cccc([N+](=O)[O-])c1. The van der Waals surface area contributed by atoms with Crippen LogP contribution < -0.4 is 4.74 Å². The largest absolute Gasteiger partial charge is 0.489 e. The lowest BCUT2D eigenvalue weighted by atomic mass is 10.2. The van der Waals surface area contributed by atoms with Crippen molar-refractivity contribution in [1.82, 2.24) is 9.78 Å². The minimum absolute atomic E-state index is 0.00509. The lowest BCUT2D eigenvalue weighted by Gasteiger charge is -2.13. The van der Waals surface area contributed by atoms with Gasteiger partial charge in [0, 0.05) is 27.9 Å². The van der Waals surface area contributed by atoms with E-state index in [4.69, 9.17) is 9.84 Å². The number of nitro benzene ring substituents is 1. The van der Waals surface area contributed by atoms with Gasteiger partial charge in [0.15, 0.2) is 5.69 Å². The number of halogens is 1. The van der Waals surface area contributed by atoms with Gasteiger partial charge in [0.2, 0.25) is 0 Å². The summed E-state index contributed by atoms with van der Waals surface area (Å²) in [5, 5.41) is 24.1. The molecule has 2 aromatic carbocycles. The summed E-state index contributed by atoms with van der Waals surface area (Å²) < 4.78 is 8.31. The molecule has 144 valence electrons.